The van der Waals surface area contributed by atoms with Crippen LogP contribution in [0.25, 0.3) is 0 Å². The van der Waals surface area contributed by atoms with Crippen molar-refractivity contribution in [3.63, 3.8) is 0 Å². The van der Waals surface area contributed by atoms with Gasteiger partial charge in [0.15, 0.2) is 0 Å². The van der Waals surface area contributed by atoms with Crippen LogP contribution in [0.4, 0.5) is 0 Å². The summed E-state index contributed by atoms with van der Waals surface area (Å²) < 4.78 is 26.1. The van der Waals surface area contributed by atoms with Crippen molar-refractivity contribution in [2.24, 2.45) is 11.7 Å². The van der Waals surface area contributed by atoms with E-state index in [2.05, 4.69) is 25.7 Å². The van der Waals surface area contributed by atoms with Crippen LogP contribution in [0, 0.1) is 5.92 Å². The fourth-order valence-corrected chi connectivity index (χ4v) is 4.39. The van der Waals surface area contributed by atoms with Crippen molar-refractivity contribution < 1.29 is 8.42 Å². The highest BCUT2D eigenvalue weighted by atomic mass is 32.2. The van der Waals surface area contributed by atoms with Crippen LogP contribution in [-0.4, -0.2) is 62.1 Å². The number of sulfonamides is 1. The largest absolute Gasteiger partial charge is 0.329 e. The first kappa shape index (κ1) is 17.9. The average Bonchev–Trinajstić information content (AvgIpc) is 2.43. The molecule has 0 aromatic heterocycles. The summed E-state index contributed by atoms with van der Waals surface area (Å²) in [6.45, 7) is 9.78. The van der Waals surface area contributed by atoms with Crippen molar-refractivity contribution in [3.05, 3.63) is 0 Å². The summed E-state index contributed by atoms with van der Waals surface area (Å²) in [5.74, 6) is 0.706. The van der Waals surface area contributed by atoms with Crippen LogP contribution < -0.4 is 5.73 Å². The molecular formula is C14H31N3O2S. The quantitative estimate of drug-likeness (QED) is 0.729. The molecule has 1 saturated heterocycles. The maximum absolute atomic E-state index is 12.2. The smallest absolute Gasteiger partial charge is 0.214 e. The summed E-state index contributed by atoms with van der Waals surface area (Å²) in [5.41, 5.74) is 5.82. The molecule has 0 bridgehead atoms. The Morgan fingerprint density at radius 2 is 1.70 bits per heavy atom. The molecule has 5 nitrogen and oxygen atoms in total. The van der Waals surface area contributed by atoms with E-state index in [1.165, 1.54) is 0 Å². The first-order valence-electron chi connectivity index (χ1n) is 7.82. The molecule has 0 radical (unpaired) electrons. The Balaban J connectivity index is 2.48. The van der Waals surface area contributed by atoms with Crippen molar-refractivity contribution in [2.45, 2.75) is 46.1 Å². The maximum atomic E-state index is 12.2. The molecule has 0 aliphatic carbocycles. The molecule has 0 amide bonds. The second-order valence-electron chi connectivity index (χ2n) is 6.11. The van der Waals surface area contributed by atoms with Crippen LogP contribution in [0.1, 0.15) is 40.0 Å². The van der Waals surface area contributed by atoms with Gasteiger partial charge >= 0.3 is 0 Å². The maximum Gasteiger partial charge on any atom is 0.214 e. The Hall–Kier alpha value is -0.170. The third-order valence-electron chi connectivity index (χ3n) is 4.03. The van der Waals surface area contributed by atoms with E-state index in [0.29, 0.717) is 31.6 Å². The molecule has 1 heterocycles. The standard InChI is InChI=1S/C14H31N3O2S/c1-4-5-14(12-15)16-7-9-17(10-8-16)20(18,19)11-6-13(2)3/h13-14H,4-12,15H2,1-3H3. The molecule has 1 fully saturated rings. The molecule has 0 aromatic carbocycles. The highest BCUT2D eigenvalue weighted by Crippen LogP contribution is 2.14. The van der Waals surface area contributed by atoms with Crippen LogP contribution in [-0.2, 0) is 10.0 Å². The van der Waals surface area contributed by atoms with E-state index in [9.17, 15) is 8.42 Å². The van der Waals surface area contributed by atoms with Gasteiger partial charge in [-0.3, -0.25) is 4.90 Å². The molecule has 0 spiro atoms. The topological polar surface area (TPSA) is 66.6 Å². The Morgan fingerprint density at radius 3 is 2.15 bits per heavy atom. The van der Waals surface area contributed by atoms with Crippen molar-refractivity contribution in [1.82, 2.24) is 9.21 Å². The van der Waals surface area contributed by atoms with E-state index in [4.69, 9.17) is 5.73 Å². The zero-order chi connectivity index (χ0) is 15.2. The van der Waals surface area contributed by atoms with Crippen LogP contribution in [0.3, 0.4) is 0 Å². The van der Waals surface area contributed by atoms with E-state index in [1.54, 1.807) is 4.31 Å². The minimum absolute atomic E-state index is 0.278. The third kappa shape index (κ3) is 5.31. The molecule has 6 heteroatoms. The Kier molecular flexibility index (Phi) is 7.43. The molecule has 20 heavy (non-hydrogen) atoms. The summed E-state index contributed by atoms with van der Waals surface area (Å²) in [6.07, 6.45) is 2.95. The van der Waals surface area contributed by atoms with Crippen molar-refractivity contribution in [2.75, 3.05) is 38.5 Å². The Bertz CT molecular complexity index is 363. The van der Waals surface area contributed by atoms with Gasteiger partial charge < -0.3 is 5.73 Å². The first-order valence-corrected chi connectivity index (χ1v) is 9.43. The molecule has 1 aliphatic rings. The number of piperazine rings is 1. The van der Waals surface area contributed by atoms with Gasteiger partial charge in [-0.15, -0.1) is 0 Å². The number of nitrogens with zero attached hydrogens (tertiary/aromatic N) is 2. The van der Waals surface area contributed by atoms with Gasteiger partial charge in [-0.05, 0) is 18.8 Å². The molecule has 1 atom stereocenters. The van der Waals surface area contributed by atoms with Gasteiger partial charge in [0.05, 0.1) is 5.75 Å². The lowest BCUT2D eigenvalue weighted by Gasteiger charge is -2.38. The van der Waals surface area contributed by atoms with E-state index >= 15 is 0 Å². The van der Waals surface area contributed by atoms with Gasteiger partial charge in [0.1, 0.15) is 0 Å². The molecule has 0 saturated carbocycles. The summed E-state index contributed by atoms with van der Waals surface area (Å²) in [5, 5.41) is 0. The number of nitrogens with two attached hydrogens (primary N) is 1. The van der Waals surface area contributed by atoms with Gasteiger partial charge in [0.25, 0.3) is 0 Å². The van der Waals surface area contributed by atoms with E-state index < -0.39 is 10.0 Å². The van der Waals surface area contributed by atoms with E-state index in [0.717, 1.165) is 32.4 Å². The lowest BCUT2D eigenvalue weighted by molar-refractivity contribution is 0.133. The molecule has 1 aliphatic heterocycles. The van der Waals surface area contributed by atoms with Crippen LogP contribution >= 0.6 is 0 Å². The molecular weight excluding hydrogens is 274 g/mol. The predicted octanol–water partition coefficient (Wildman–Crippen LogP) is 1.11. The molecule has 2 N–H and O–H groups in total. The number of hydrogen-bond donors (Lipinski definition) is 1. The van der Waals surface area contributed by atoms with Gasteiger partial charge in [0.2, 0.25) is 10.0 Å². The molecule has 120 valence electrons. The summed E-state index contributed by atoms with van der Waals surface area (Å²) in [7, 11) is -3.07. The summed E-state index contributed by atoms with van der Waals surface area (Å²) in [4.78, 5) is 2.35. The zero-order valence-electron chi connectivity index (χ0n) is 13.2. The Labute approximate surface area is 124 Å². The van der Waals surface area contributed by atoms with Gasteiger partial charge in [-0.1, -0.05) is 27.2 Å². The highest BCUT2D eigenvalue weighted by molar-refractivity contribution is 7.89. The second-order valence-corrected chi connectivity index (χ2v) is 8.20. The third-order valence-corrected chi connectivity index (χ3v) is 5.93. The minimum atomic E-state index is -3.07. The number of rotatable bonds is 8. The highest BCUT2D eigenvalue weighted by Gasteiger charge is 2.29. The van der Waals surface area contributed by atoms with Crippen LogP contribution in [0.2, 0.25) is 0 Å². The predicted molar refractivity (Wildman–Crippen MR) is 84.1 cm³/mol. The van der Waals surface area contributed by atoms with Crippen molar-refractivity contribution >= 4 is 10.0 Å². The zero-order valence-corrected chi connectivity index (χ0v) is 14.0. The van der Waals surface area contributed by atoms with Crippen LogP contribution in [0.15, 0.2) is 0 Å². The van der Waals surface area contributed by atoms with Crippen molar-refractivity contribution in [3.8, 4) is 0 Å². The minimum Gasteiger partial charge on any atom is -0.329 e. The van der Waals surface area contributed by atoms with Gasteiger partial charge in [-0.25, -0.2) is 8.42 Å². The molecule has 1 rings (SSSR count). The lowest BCUT2D eigenvalue weighted by Crippen LogP contribution is -2.53. The second kappa shape index (κ2) is 8.32. The summed E-state index contributed by atoms with van der Waals surface area (Å²) >= 11 is 0. The molecule has 0 aromatic rings. The molecule has 1 unspecified atom stereocenters. The normalized spacial score (nSPS) is 20.4. The fraction of sp³-hybridized carbons (Fsp3) is 1.00. The van der Waals surface area contributed by atoms with Gasteiger partial charge in [0, 0.05) is 38.8 Å². The first-order chi connectivity index (χ1) is 9.40. The van der Waals surface area contributed by atoms with E-state index in [1.807, 2.05) is 0 Å². The number of hydrogen-bond acceptors (Lipinski definition) is 4. The van der Waals surface area contributed by atoms with Crippen molar-refractivity contribution in [1.29, 1.82) is 0 Å². The fourth-order valence-electron chi connectivity index (χ4n) is 2.64. The van der Waals surface area contributed by atoms with E-state index in [-0.39, 0.29) is 5.75 Å². The van der Waals surface area contributed by atoms with Gasteiger partial charge in [-0.2, -0.15) is 4.31 Å². The lowest BCUT2D eigenvalue weighted by atomic mass is 10.1. The average molecular weight is 305 g/mol. The Morgan fingerprint density at radius 1 is 1.10 bits per heavy atom. The summed E-state index contributed by atoms with van der Waals surface area (Å²) in [6, 6.07) is 0.403. The van der Waals surface area contributed by atoms with Crippen LogP contribution in [0.5, 0.6) is 0 Å². The SMILES string of the molecule is CCCC(CN)N1CCN(S(=O)(=O)CCC(C)C)CC1. The monoisotopic (exact) mass is 305 g/mol.